The lowest BCUT2D eigenvalue weighted by molar-refractivity contribution is -0.133. The number of hydrogen-bond donors (Lipinski definition) is 1. The van der Waals surface area contributed by atoms with Gasteiger partial charge >= 0.3 is 0 Å². The largest absolute Gasteiger partial charge is 0.391 e. The summed E-state index contributed by atoms with van der Waals surface area (Å²) in [5.74, 6) is 0.972. The van der Waals surface area contributed by atoms with Crippen LogP contribution in [0.15, 0.2) is 24.8 Å². The van der Waals surface area contributed by atoms with Crippen molar-refractivity contribution in [2.45, 2.75) is 38.7 Å². The second-order valence-electron chi connectivity index (χ2n) is 8.27. The molecule has 8 nitrogen and oxygen atoms in total. The maximum Gasteiger partial charge on any atom is 0.227 e. The summed E-state index contributed by atoms with van der Waals surface area (Å²) in [5, 5.41) is 14.8. The molecule has 8 heteroatoms. The lowest BCUT2D eigenvalue weighted by atomic mass is 9.71. The third-order valence-electron chi connectivity index (χ3n) is 6.13. The fourth-order valence-electron chi connectivity index (χ4n) is 4.67. The molecule has 2 aliphatic rings. The quantitative estimate of drug-likeness (QED) is 0.848. The molecule has 1 atom stereocenters. The minimum atomic E-state index is -0.379. The van der Waals surface area contributed by atoms with Crippen LogP contribution in [0.25, 0.3) is 0 Å². The molecule has 0 saturated carbocycles. The number of carbonyl (C=O) groups is 1. The van der Waals surface area contributed by atoms with E-state index in [1.165, 1.54) is 0 Å². The van der Waals surface area contributed by atoms with Crippen molar-refractivity contribution >= 4 is 11.7 Å². The van der Waals surface area contributed by atoms with Crippen LogP contribution < -0.4 is 4.90 Å². The number of amides is 1. The number of anilines is 1. The molecule has 2 fully saturated rings. The molecule has 2 aromatic heterocycles. The molecule has 1 unspecified atom stereocenters. The van der Waals surface area contributed by atoms with E-state index in [2.05, 4.69) is 20.0 Å². The minimum absolute atomic E-state index is 0.0240. The topological polar surface area (TPSA) is 87.4 Å². The predicted octanol–water partition coefficient (Wildman–Crippen LogP) is 0.941. The number of aromatic nitrogens is 4. The van der Waals surface area contributed by atoms with Crippen LogP contribution in [0.5, 0.6) is 0 Å². The Balaban J connectivity index is 1.39. The smallest absolute Gasteiger partial charge is 0.227 e. The van der Waals surface area contributed by atoms with Gasteiger partial charge in [-0.1, -0.05) is 0 Å². The first-order valence-electron chi connectivity index (χ1n) is 9.90. The Morgan fingerprint density at radius 3 is 2.75 bits per heavy atom. The van der Waals surface area contributed by atoms with E-state index in [4.69, 9.17) is 0 Å². The van der Waals surface area contributed by atoms with Crippen molar-refractivity contribution in [1.29, 1.82) is 0 Å². The zero-order valence-electron chi connectivity index (χ0n) is 16.6. The third kappa shape index (κ3) is 3.87. The van der Waals surface area contributed by atoms with E-state index in [1.807, 2.05) is 25.1 Å². The molecule has 2 aliphatic heterocycles. The number of carbonyl (C=O) groups excluding carboxylic acids is 1. The van der Waals surface area contributed by atoms with Gasteiger partial charge in [0.05, 0.1) is 24.4 Å². The highest BCUT2D eigenvalue weighted by atomic mass is 16.3. The highest BCUT2D eigenvalue weighted by Crippen LogP contribution is 2.41. The Morgan fingerprint density at radius 1 is 1.32 bits per heavy atom. The average Bonchev–Trinajstić information content (AvgIpc) is 2.99. The van der Waals surface area contributed by atoms with Gasteiger partial charge < -0.3 is 14.9 Å². The first-order valence-corrected chi connectivity index (χ1v) is 9.90. The molecule has 4 heterocycles. The van der Waals surface area contributed by atoms with E-state index in [9.17, 15) is 9.90 Å². The molecule has 1 spiro atoms. The SMILES string of the molecule is Cc1nn(C)cc1CC(=O)N1CCC2(CC1)CC(O)CN(c1cnccn1)C2. The summed E-state index contributed by atoms with van der Waals surface area (Å²) in [7, 11) is 1.88. The molecule has 2 aromatic rings. The van der Waals surface area contributed by atoms with E-state index in [1.54, 1.807) is 23.3 Å². The van der Waals surface area contributed by atoms with Gasteiger partial charge in [0.1, 0.15) is 5.82 Å². The fourth-order valence-corrected chi connectivity index (χ4v) is 4.67. The van der Waals surface area contributed by atoms with E-state index >= 15 is 0 Å². The third-order valence-corrected chi connectivity index (χ3v) is 6.13. The van der Waals surface area contributed by atoms with Gasteiger partial charge in [0.25, 0.3) is 0 Å². The summed E-state index contributed by atoms with van der Waals surface area (Å²) >= 11 is 0. The first-order chi connectivity index (χ1) is 13.4. The summed E-state index contributed by atoms with van der Waals surface area (Å²) in [6, 6.07) is 0. The second kappa shape index (κ2) is 7.50. The van der Waals surface area contributed by atoms with Gasteiger partial charge in [-0.15, -0.1) is 0 Å². The number of rotatable bonds is 3. The van der Waals surface area contributed by atoms with Crippen molar-refractivity contribution in [3.8, 4) is 0 Å². The minimum Gasteiger partial charge on any atom is -0.391 e. The summed E-state index contributed by atoms with van der Waals surface area (Å²) in [6.07, 6.45) is 9.63. The van der Waals surface area contributed by atoms with Crippen molar-refractivity contribution in [3.05, 3.63) is 36.0 Å². The van der Waals surface area contributed by atoms with Crippen LogP contribution in [-0.4, -0.2) is 67.9 Å². The van der Waals surface area contributed by atoms with Gasteiger partial charge in [0.2, 0.25) is 5.91 Å². The van der Waals surface area contributed by atoms with Gasteiger partial charge in [-0.05, 0) is 31.6 Å². The van der Waals surface area contributed by atoms with E-state index in [-0.39, 0.29) is 17.4 Å². The van der Waals surface area contributed by atoms with E-state index in [0.29, 0.717) is 13.0 Å². The lowest BCUT2D eigenvalue weighted by Crippen LogP contribution is -2.55. The summed E-state index contributed by atoms with van der Waals surface area (Å²) in [4.78, 5) is 25.4. The van der Waals surface area contributed by atoms with Crippen LogP contribution in [0.2, 0.25) is 0 Å². The van der Waals surface area contributed by atoms with Crippen LogP contribution in [-0.2, 0) is 18.3 Å². The molecule has 2 saturated heterocycles. The Hall–Kier alpha value is -2.48. The van der Waals surface area contributed by atoms with Crippen molar-refractivity contribution in [2.75, 3.05) is 31.1 Å². The molecule has 0 aliphatic carbocycles. The number of β-amino-alcohol motifs (C(OH)–C–C–N with tert-alkyl or cyclic N) is 1. The summed E-state index contributed by atoms with van der Waals surface area (Å²) < 4.78 is 1.76. The Bertz CT molecular complexity index is 828. The molecular formula is C20H28N6O2. The molecule has 1 N–H and O–H groups in total. The molecule has 28 heavy (non-hydrogen) atoms. The predicted molar refractivity (Wildman–Crippen MR) is 105 cm³/mol. The van der Waals surface area contributed by atoms with Crippen molar-refractivity contribution in [2.24, 2.45) is 12.5 Å². The Kier molecular flexibility index (Phi) is 5.05. The van der Waals surface area contributed by atoms with Gasteiger partial charge in [-0.2, -0.15) is 5.10 Å². The summed E-state index contributed by atoms with van der Waals surface area (Å²) in [6.45, 7) is 4.85. The molecule has 4 rings (SSSR count). The first kappa shape index (κ1) is 18.9. The number of piperidine rings is 2. The maximum atomic E-state index is 12.8. The molecule has 1 amide bonds. The standard InChI is InChI=1S/C20H28N6O2/c1-15-16(12-24(2)23-15)9-19(28)25-7-3-20(4-8-25)10-17(27)13-26(14-20)18-11-21-5-6-22-18/h5-6,11-12,17,27H,3-4,7-10,13-14H2,1-2H3. The Labute approximate surface area is 165 Å². The van der Waals surface area contributed by atoms with Crippen LogP contribution in [0.3, 0.4) is 0 Å². The molecule has 0 aromatic carbocycles. The number of likely N-dealkylation sites (tertiary alicyclic amines) is 1. The van der Waals surface area contributed by atoms with Crippen LogP contribution >= 0.6 is 0 Å². The van der Waals surface area contributed by atoms with Gasteiger partial charge in [0.15, 0.2) is 0 Å². The van der Waals surface area contributed by atoms with Gasteiger partial charge in [0, 0.05) is 57.4 Å². The van der Waals surface area contributed by atoms with Crippen molar-refractivity contribution < 1.29 is 9.90 Å². The highest BCUT2D eigenvalue weighted by molar-refractivity contribution is 5.79. The van der Waals surface area contributed by atoms with Crippen molar-refractivity contribution in [1.82, 2.24) is 24.6 Å². The maximum absolute atomic E-state index is 12.8. The number of nitrogens with zero attached hydrogens (tertiary/aromatic N) is 6. The lowest BCUT2D eigenvalue weighted by Gasteiger charge is -2.49. The van der Waals surface area contributed by atoms with Gasteiger partial charge in [-0.25, -0.2) is 4.98 Å². The zero-order valence-corrected chi connectivity index (χ0v) is 16.6. The van der Waals surface area contributed by atoms with Crippen LogP contribution in [0.1, 0.15) is 30.5 Å². The van der Waals surface area contributed by atoms with Gasteiger partial charge in [-0.3, -0.25) is 14.5 Å². The second-order valence-corrected chi connectivity index (χ2v) is 8.27. The van der Waals surface area contributed by atoms with Crippen LogP contribution in [0, 0.1) is 12.3 Å². The normalized spacial score (nSPS) is 21.9. The molecule has 0 bridgehead atoms. The summed E-state index contributed by atoms with van der Waals surface area (Å²) in [5.41, 5.74) is 1.94. The van der Waals surface area contributed by atoms with E-state index in [0.717, 1.165) is 56.0 Å². The number of aliphatic hydroxyl groups is 1. The zero-order chi connectivity index (χ0) is 19.7. The number of aliphatic hydroxyl groups excluding tert-OH is 1. The number of aryl methyl sites for hydroxylation is 2. The molecule has 0 radical (unpaired) electrons. The van der Waals surface area contributed by atoms with E-state index < -0.39 is 0 Å². The molecular weight excluding hydrogens is 356 g/mol. The average molecular weight is 384 g/mol. The van der Waals surface area contributed by atoms with Crippen molar-refractivity contribution in [3.63, 3.8) is 0 Å². The Morgan fingerprint density at radius 2 is 2.11 bits per heavy atom. The number of hydrogen-bond acceptors (Lipinski definition) is 6. The fraction of sp³-hybridized carbons (Fsp3) is 0.600. The molecule has 150 valence electrons. The van der Waals surface area contributed by atoms with Crippen LogP contribution in [0.4, 0.5) is 5.82 Å². The monoisotopic (exact) mass is 384 g/mol. The highest BCUT2D eigenvalue weighted by Gasteiger charge is 2.42.